The van der Waals surface area contributed by atoms with E-state index >= 15 is 0 Å². The first-order valence-electron chi connectivity index (χ1n) is 0.926. The Hall–Kier alpha value is 0.650. The molecule has 0 saturated heterocycles. The monoisotopic (exact) mass is 178 g/mol. The number of rotatable bonds is 0. The summed E-state index contributed by atoms with van der Waals surface area (Å²) in [6, 6.07) is 0. The fourth-order valence-corrected chi connectivity index (χ4v) is 0. The summed E-state index contributed by atoms with van der Waals surface area (Å²) in [6.45, 7) is 0. The van der Waals surface area contributed by atoms with Gasteiger partial charge in [0.25, 0.3) is 8.27 Å². The number of halogens is 6. The van der Waals surface area contributed by atoms with Crippen molar-refractivity contribution in [2.75, 3.05) is 0 Å². The van der Waals surface area contributed by atoms with Gasteiger partial charge in [-0.1, -0.05) is 15.5 Å². The van der Waals surface area contributed by atoms with Crippen LogP contribution in [0.15, 0.2) is 0 Å². The molecule has 0 aromatic rings. The summed E-state index contributed by atoms with van der Waals surface area (Å²) in [5, 5.41) is 0. The predicted molar refractivity (Wildman–Crippen MR) is 23.7 cm³/mol. The van der Waals surface area contributed by atoms with E-state index in [2.05, 4.69) is 21.4 Å². The molecule has 0 aliphatic heterocycles. The Morgan fingerprint density at radius 1 is 0.857 bits per heavy atom. The lowest BCUT2D eigenvalue weighted by atomic mass is 18.7. The van der Waals surface area contributed by atoms with Gasteiger partial charge in [-0.2, -0.15) is 0 Å². The van der Waals surface area contributed by atoms with Crippen LogP contribution in [0.3, 0.4) is 0 Å². The van der Waals surface area contributed by atoms with Gasteiger partial charge in [0.2, 0.25) is 0 Å². The fraction of sp³-hybridized carbons (Fsp3) is 0. The lowest BCUT2D eigenvalue weighted by Gasteiger charge is -2.33. The van der Waals surface area contributed by atoms with Gasteiger partial charge in [0.05, 0.1) is 0 Å². The van der Waals surface area contributed by atoms with Gasteiger partial charge in [0.1, 0.15) is 0 Å². The average Bonchev–Trinajstić information content (AvgIpc) is 0.592. The van der Waals surface area contributed by atoms with E-state index in [9.17, 15) is 15.5 Å². The summed E-state index contributed by atoms with van der Waals surface area (Å²) in [7, 11) is -2.01. The topological polar surface area (TPSA) is 0 Å². The maximum absolute atomic E-state index is 10.7. The molecule has 0 radical (unpaired) electrons. The van der Waals surface area contributed by atoms with Gasteiger partial charge < -0.3 is 0 Å². The molecule has 0 spiro atoms. The molecule has 0 aromatic carbocycles. The molecular formula is Cl2F4S. The van der Waals surface area contributed by atoms with Gasteiger partial charge >= 0.3 is 0 Å². The molecule has 0 saturated carbocycles. The van der Waals surface area contributed by atoms with Crippen LogP contribution in [-0.4, -0.2) is 0 Å². The zero-order valence-electron chi connectivity index (χ0n) is 2.68. The second-order valence-electron chi connectivity index (χ2n) is 0.875. The van der Waals surface area contributed by atoms with Crippen LogP contribution in [0.4, 0.5) is 15.5 Å². The maximum Gasteiger partial charge on any atom is 0.298 e. The number of hydrogen-bond acceptors (Lipinski definition) is 0. The minimum atomic E-state index is -8.53. The Balaban J connectivity index is 4.43. The summed E-state index contributed by atoms with van der Waals surface area (Å²) in [5.74, 6) is 0. The predicted octanol–water partition coefficient (Wildman–Crippen LogP) is 3.71. The standard InChI is InChI=1S/Cl2F4S/c1-7(2,3,4,5)6. The van der Waals surface area contributed by atoms with E-state index in [-0.39, 0.29) is 0 Å². The number of hydrogen-bond donors (Lipinski definition) is 0. The first kappa shape index (κ1) is 7.65. The third kappa shape index (κ3) is 340. The quantitative estimate of drug-likeness (QED) is 0.497. The van der Waals surface area contributed by atoms with Crippen molar-refractivity contribution >= 4 is 29.6 Å². The zero-order valence-corrected chi connectivity index (χ0v) is 5.00. The highest BCUT2D eigenvalue weighted by Crippen LogP contribution is 3.04. The lowest BCUT2D eigenvalue weighted by molar-refractivity contribution is 0.515. The van der Waals surface area contributed by atoms with Crippen molar-refractivity contribution in [2.45, 2.75) is 0 Å². The molecule has 0 fully saturated rings. The van der Waals surface area contributed by atoms with Crippen LogP contribution >= 0.6 is 29.6 Å². The minimum absolute atomic E-state index is 3.26. The fourth-order valence-electron chi connectivity index (χ4n) is 0. The van der Waals surface area contributed by atoms with Crippen molar-refractivity contribution in [3.8, 4) is 0 Å². The van der Waals surface area contributed by atoms with Gasteiger partial charge in [0.15, 0.2) is 0 Å². The van der Waals surface area contributed by atoms with E-state index in [1.54, 1.807) is 0 Å². The van der Waals surface area contributed by atoms with Crippen molar-refractivity contribution in [3.05, 3.63) is 0 Å². The second kappa shape index (κ2) is 0.867. The third-order valence-electron chi connectivity index (χ3n) is 0. The molecule has 0 rings (SSSR count). The Morgan fingerprint density at radius 2 is 0.857 bits per heavy atom. The van der Waals surface area contributed by atoms with Crippen molar-refractivity contribution < 1.29 is 15.5 Å². The molecule has 0 bridgehead atoms. The molecule has 7 heteroatoms. The van der Waals surface area contributed by atoms with Crippen LogP contribution in [0.25, 0.3) is 0 Å². The summed E-state index contributed by atoms with van der Waals surface area (Å²) in [4.78, 5) is 0. The Labute approximate surface area is 45.8 Å². The van der Waals surface area contributed by atoms with Crippen molar-refractivity contribution in [3.63, 3.8) is 0 Å². The van der Waals surface area contributed by atoms with E-state index in [0.717, 1.165) is 0 Å². The largest absolute Gasteiger partial charge is 0.298 e. The molecule has 0 amide bonds. The van der Waals surface area contributed by atoms with Crippen molar-refractivity contribution in [1.29, 1.82) is 0 Å². The van der Waals surface area contributed by atoms with Crippen LogP contribution in [0.1, 0.15) is 0 Å². The third-order valence-corrected chi connectivity index (χ3v) is 0. The SMILES string of the molecule is FS(F)(F)(F)(Cl)Cl. The van der Waals surface area contributed by atoms with Crippen LogP contribution in [0.5, 0.6) is 0 Å². The van der Waals surface area contributed by atoms with Crippen LogP contribution in [0, 0.1) is 0 Å². The minimum Gasteiger partial charge on any atom is -0.0977 e. The Bertz CT molecular complexity index is 68.3. The van der Waals surface area contributed by atoms with Crippen LogP contribution < -0.4 is 0 Å². The van der Waals surface area contributed by atoms with Gasteiger partial charge in [-0.3, -0.25) is 0 Å². The van der Waals surface area contributed by atoms with Crippen LogP contribution in [0.2, 0.25) is 0 Å². The molecule has 48 valence electrons. The Morgan fingerprint density at radius 3 is 0.857 bits per heavy atom. The maximum atomic E-state index is 10.7. The highest BCUT2D eigenvalue weighted by Gasteiger charge is 2.58. The second-order valence-corrected chi connectivity index (χ2v) is 6.82. The first-order valence-corrected chi connectivity index (χ1v) is 4.63. The smallest absolute Gasteiger partial charge is 0.0977 e. The highest BCUT2D eigenvalue weighted by molar-refractivity contribution is 8.79. The summed E-state index contributed by atoms with van der Waals surface area (Å²) < 4.78 is 42.8. The van der Waals surface area contributed by atoms with Crippen LogP contribution in [-0.2, 0) is 0 Å². The van der Waals surface area contributed by atoms with Crippen molar-refractivity contribution in [1.82, 2.24) is 0 Å². The molecule has 0 nitrogen and oxygen atoms in total. The molecule has 7 heavy (non-hydrogen) atoms. The average molecular weight is 179 g/mol. The first-order chi connectivity index (χ1) is 2.45. The molecule has 0 atom stereocenters. The molecular weight excluding hydrogens is 179 g/mol. The molecule has 0 aromatic heterocycles. The summed E-state index contributed by atoms with van der Waals surface area (Å²) >= 11 is 0. The summed E-state index contributed by atoms with van der Waals surface area (Å²) in [6.07, 6.45) is 0. The normalized spacial score (nSPS) is 23.1. The van der Waals surface area contributed by atoms with Gasteiger partial charge in [0, 0.05) is 21.4 Å². The van der Waals surface area contributed by atoms with E-state index in [4.69, 9.17) is 0 Å². The zero-order chi connectivity index (χ0) is 6.41. The Kier molecular flexibility index (Phi) is 0.947. The van der Waals surface area contributed by atoms with E-state index in [1.165, 1.54) is 0 Å². The van der Waals surface area contributed by atoms with Gasteiger partial charge in [-0.25, -0.2) is 0 Å². The van der Waals surface area contributed by atoms with E-state index < -0.39 is 8.27 Å². The molecule has 0 unspecified atom stereocenters. The highest BCUT2D eigenvalue weighted by atomic mass is 36.0. The summed E-state index contributed by atoms with van der Waals surface area (Å²) in [5.41, 5.74) is 0. The molecule has 0 heterocycles. The van der Waals surface area contributed by atoms with Crippen molar-refractivity contribution in [2.24, 2.45) is 0 Å². The van der Waals surface area contributed by atoms with Gasteiger partial charge in [-0.05, 0) is 0 Å². The molecule has 0 N–H and O–H groups in total. The van der Waals surface area contributed by atoms with E-state index in [0.29, 0.717) is 0 Å². The van der Waals surface area contributed by atoms with Gasteiger partial charge in [-0.15, -0.1) is 0 Å². The van der Waals surface area contributed by atoms with E-state index in [1.807, 2.05) is 0 Å². The molecule has 0 aliphatic carbocycles. The lowest BCUT2D eigenvalue weighted by Crippen LogP contribution is -1.87. The molecule has 0 aliphatic rings.